The first kappa shape index (κ1) is 16.3. The molecule has 2 heterocycles. The minimum Gasteiger partial charge on any atom is -0.383 e. The Labute approximate surface area is 146 Å². The SMILES string of the molecule is COCCn1nccc1C12CCC(C1)C2C(=O)N(C)Cc1ncon1. The first-order valence-electron chi connectivity index (χ1n) is 8.67. The summed E-state index contributed by atoms with van der Waals surface area (Å²) < 4.78 is 12.0. The van der Waals surface area contributed by atoms with Gasteiger partial charge in [-0.1, -0.05) is 5.16 Å². The second kappa shape index (κ2) is 6.25. The van der Waals surface area contributed by atoms with Crippen LogP contribution in [0.25, 0.3) is 0 Å². The summed E-state index contributed by atoms with van der Waals surface area (Å²) in [4.78, 5) is 18.9. The van der Waals surface area contributed by atoms with Crippen molar-refractivity contribution < 1.29 is 14.1 Å². The molecular formula is C17H23N5O3. The number of rotatable bonds is 7. The molecule has 3 atom stereocenters. The van der Waals surface area contributed by atoms with Gasteiger partial charge in [-0.3, -0.25) is 9.48 Å². The van der Waals surface area contributed by atoms with Crippen LogP contribution in [0.5, 0.6) is 0 Å². The van der Waals surface area contributed by atoms with Gasteiger partial charge in [0.25, 0.3) is 0 Å². The van der Waals surface area contributed by atoms with Gasteiger partial charge in [-0.2, -0.15) is 10.1 Å². The van der Waals surface area contributed by atoms with E-state index in [1.807, 2.05) is 17.9 Å². The maximum Gasteiger partial charge on any atom is 0.227 e. The number of aromatic nitrogens is 4. The summed E-state index contributed by atoms with van der Waals surface area (Å²) in [6.07, 6.45) is 6.33. The number of ether oxygens (including phenoxy) is 1. The molecule has 5 rings (SSSR count). The molecule has 8 heteroatoms. The summed E-state index contributed by atoms with van der Waals surface area (Å²) >= 11 is 0. The van der Waals surface area contributed by atoms with Gasteiger partial charge < -0.3 is 14.2 Å². The molecule has 3 saturated carbocycles. The van der Waals surface area contributed by atoms with Crippen molar-refractivity contribution in [2.24, 2.45) is 11.8 Å². The van der Waals surface area contributed by atoms with Gasteiger partial charge in [0.15, 0.2) is 5.82 Å². The van der Waals surface area contributed by atoms with Gasteiger partial charge in [-0.25, -0.2) is 0 Å². The van der Waals surface area contributed by atoms with E-state index in [1.165, 1.54) is 12.1 Å². The van der Waals surface area contributed by atoms with Gasteiger partial charge in [-0.15, -0.1) is 0 Å². The molecule has 0 saturated heterocycles. The molecule has 2 aromatic rings. The smallest absolute Gasteiger partial charge is 0.227 e. The van der Waals surface area contributed by atoms with Gasteiger partial charge in [-0.05, 0) is 31.2 Å². The normalized spacial score (nSPS) is 27.3. The lowest BCUT2D eigenvalue weighted by Gasteiger charge is -2.47. The van der Waals surface area contributed by atoms with Gasteiger partial charge in [0.2, 0.25) is 12.3 Å². The highest BCUT2D eigenvalue weighted by molar-refractivity contribution is 5.82. The minimum atomic E-state index is -0.0858. The average Bonchev–Trinajstić information content (AvgIpc) is 3.34. The molecule has 2 bridgehead atoms. The van der Waals surface area contributed by atoms with E-state index in [9.17, 15) is 4.79 Å². The number of hydrogen-bond donors (Lipinski definition) is 0. The Morgan fingerprint density at radius 2 is 2.44 bits per heavy atom. The fourth-order valence-electron chi connectivity index (χ4n) is 4.70. The molecule has 0 radical (unpaired) electrons. The van der Waals surface area contributed by atoms with E-state index in [-0.39, 0.29) is 17.2 Å². The summed E-state index contributed by atoms with van der Waals surface area (Å²) in [6, 6.07) is 2.07. The molecule has 2 aromatic heterocycles. The van der Waals surface area contributed by atoms with Crippen molar-refractivity contribution in [3.8, 4) is 0 Å². The van der Waals surface area contributed by atoms with Crippen LogP contribution in [0.4, 0.5) is 0 Å². The standard InChI is InChI=1S/C17H23N5O3/c1-21(10-14-18-11-25-20-14)16(23)15-12-3-5-17(15,9-12)13-4-6-19-22(13)7-8-24-2/h4,6,11-12,15H,3,5,7-10H2,1-2H3. The number of fused-ring (bicyclic) bond motifs is 1. The Bertz CT molecular complexity index is 739. The lowest BCUT2D eigenvalue weighted by Crippen LogP contribution is -2.53. The van der Waals surface area contributed by atoms with Crippen LogP contribution in [-0.2, 0) is 28.0 Å². The van der Waals surface area contributed by atoms with Crippen molar-refractivity contribution in [3.63, 3.8) is 0 Å². The van der Waals surface area contributed by atoms with Crippen molar-refractivity contribution in [2.45, 2.75) is 37.8 Å². The van der Waals surface area contributed by atoms with E-state index in [0.29, 0.717) is 31.4 Å². The van der Waals surface area contributed by atoms with Crippen LogP contribution in [0.3, 0.4) is 0 Å². The van der Waals surface area contributed by atoms with E-state index in [0.717, 1.165) is 19.3 Å². The minimum absolute atomic E-state index is 0.0161. The predicted molar refractivity (Wildman–Crippen MR) is 87.4 cm³/mol. The zero-order chi connectivity index (χ0) is 17.4. The fourth-order valence-corrected chi connectivity index (χ4v) is 4.70. The van der Waals surface area contributed by atoms with Crippen LogP contribution in [0.1, 0.15) is 30.8 Å². The van der Waals surface area contributed by atoms with Crippen LogP contribution >= 0.6 is 0 Å². The molecule has 1 amide bonds. The van der Waals surface area contributed by atoms with E-state index in [4.69, 9.17) is 9.26 Å². The molecule has 3 unspecified atom stereocenters. The monoisotopic (exact) mass is 345 g/mol. The van der Waals surface area contributed by atoms with Gasteiger partial charge >= 0.3 is 0 Å². The number of carbonyl (C=O) groups is 1. The predicted octanol–water partition coefficient (Wildman–Crippen LogP) is 1.24. The summed E-state index contributed by atoms with van der Waals surface area (Å²) in [5.74, 6) is 1.17. The second-order valence-electron chi connectivity index (χ2n) is 7.11. The third kappa shape index (κ3) is 2.55. The molecule has 0 aromatic carbocycles. The Morgan fingerprint density at radius 1 is 1.56 bits per heavy atom. The van der Waals surface area contributed by atoms with E-state index in [1.54, 1.807) is 12.0 Å². The third-order valence-corrected chi connectivity index (χ3v) is 5.82. The van der Waals surface area contributed by atoms with Crippen LogP contribution < -0.4 is 0 Å². The molecule has 8 nitrogen and oxygen atoms in total. The Kier molecular flexibility index (Phi) is 4.07. The van der Waals surface area contributed by atoms with Crippen molar-refractivity contribution in [1.29, 1.82) is 0 Å². The first-order chi connectivity index (χ1) is 12.2. The maximum absolute atomic E-state index is 13.1. The maximum atomic E-state index is 13.1. The van der Waals surface area contributed by atoms with Gasteiger partial charge in [0, 0.05) is 31.5 Å². The summed E-state index contributed by atoms with van der Waals surface area (Å²) in [7, 11) is 3.50. The second-order valence-corrected chi connectivity index (χ2v) is 7.11. The van der Waals surface area contributed by atoms with Crippen molar-refractivity contribution in [2.75, 3.05) is 20.8 Å². The Morgan fingerprint density at radius 3 is 3.16 bits per heavy atom. The van der Waals surface area contributed by atoms with Crippen molar-refractivity contribution in [1.82, 2.24) is 24.8 Å². The number of amides is 1. The molecule has 3 aliphatic rings. The number of methoxy groups -OCH3 is 1. The van der Waals surface area contributed by atoms with E-state index in [2.05, 4.69) is 21.3 Å². The lowest BCUT2D eigenvalue weighted by molar-refractivity contribution is -0.143. The Hall–Kier alpha value is -2.22. The average molecular weight is 345 g/mol. The molecule has 0 N–H and O–H groups in total. The highest BCUT2D eigenvalue weighted by Crippen LogP contribution is 2.64. The van der Waals surface area contributed by atoms with Crippen molar-refractivity contribution >= 4 is 5.91 Å². The lowest BCUT2D eigenvalue weighted by atomic mass is 9.58. The molecule has 3 aliphatic carbocycles. The van der Waals surface area contributed by atoms with E-state index >= 15 is 0 Å². The molecule has 25 heavy (non-hydrogen) atoms. The number of nitrogens with zero attached hydrogens (tertiary/aromatic N) is 5. The van der Waals surface area contributed by atoms with Crippen LogP contribution in [0.2, 0.25) is 0 Å². The highest BCUT2D eigenvalue weighted by atomic mass is 16.5. The van der Waals surface area contributed by atoms with Crippen LogP contribution in [0, 0.1) is 11.8 Å². The van der Waals surface area contributed by atoms with E-state index < -0.39 is 0 Å². The van der Waals surface area contributed by atoms with Gasteiger partial charge in [0.1, 0.15) is 0 Å². The Balaban J connectivity index is 1.54. The third-order valence-electron chi connectivity index (χ3n) is 5.82. The fraction of sp³-hybridized carbons (Fsp3) is 0.647. The molecule has 3 fully saturated rings. The summed E-state index contributed by atoms with van der Waals surface area (Å²) in [5, 5.41) is 8.25. The van der Waals surface area contributed by atoms with Gasteiger partial charge in [0.05, 0.1) is 25.6 Å². The van der Waals surface area contributed by atoms with Crippen LogP contribution in [0.15, 0.2) is 23.2 Å². The zero-order valence-corrected chi connectivity index (χ0v) is 14.6. The topological polar surface area (TPSA) is 86.3 Å². The zero-order valence-electron chi connectivity index (χ0n) is 14.6. The highest BCUT2D eigenvalue weighted by Gasteiger charge is 2.64. The molecule has 0 spiro atoms. The van der Waals surface area contributed by atoms with Crippen LogP contribution in [-0.4, -0.2) is 51.5 Å². The molecule has 0 aliphatic heterocycles. The largest absolute Gasteiger partial charge is 0.383 e. The number of carbonyl (C=O) groups excluding carboxylic acids is 1. The molecular weight excluding hydrogens is 322 g/mol. The summed E-state index contributed by atoms with van der Waals surface area (Å²) in [5.41, 5.74) is 1.09. The first-order valence-corrected chi connectivity index (χ1v) is 8.67. The van der Waals surface area contributed by atoms with Crippen molar-refractivity contribution in [3.05, 3.63) is 30.2 Å². The quantitative estimate of drug-likeness (QED) is 0.750. The number of hydrogen-bond acceptors (Lipinski definition) is 6. The summed E-state index contributed by atoms with van der Waals surface area (Å²) in [6.45, 7) is 1.70. The molecule has 134 valence electrons.